The molecule has 0 unspecified atom stereocenters. The predicted octanol–water partition coefficient (Wildman–Crippen LogP) is 4.88. The molecule has 0 N–H and O–H groups in total. The molecule has 21 heavy (non-hydrogen) atoms. The lowest BCUT2D eigenvalue weighted by Crippen LogP contribution is -2.21. The molecule has 2 nitrogen and oxygen atoms in total. The van der Waals surface area contributed by atoms with E-state index in [0.29, 0.717) is 6.61 Å². The van der Waals surface area contributed by atoms with E-state index >= 15 is 0 Å². The van der Waals surface area contributed by atoms with Gasteiger partial charge in [0.05, 0.1) is 6.61 Å². The molecule has 0 heterocycles. The van der Waals surface area contributed by atoms with Crippen LogP contribution in [-0.4, -0.2) is 31.6 Å². The van der Waals surface area contributed by atoms with Crippen molar-refractivity contribution in [1.29, 1.82) is 0 Å². The van der Waals surface area contributed by atoms with E-state index in [4.69, 9.17) is 4.74 Å². The van der Waals surface area contributed by atoms with Gasteiger partial charge >= 0.3 is 0 Å². The van der Waals surface area contributed by atoms with Crippen LogP contribution in [0.2, 0.25) is 0 Å². The SMILES string of the molecule is C=CC/C=C(\C=C(\C)C(=C)OCC)C(=C/C)/CN(C)CC. The van der Waals surface area contributed by atoms with Crippen molar-refractivity contribution in [3.05, 3.63) is 59.9 Å². The fourth-order valence-electron chi connectivity index (χ4n) is 1.85. The van der Waals surface area contributed by atoms with Crippen molar-refractivity contribution in [3.8, 4) is 0 Å². The Morgan fingerprint density at radius 2 is 1.95 bits per heavy atom. The molecule has 0 radical (unpaired) electrons. The minimum absolute atomic E-state index is 0.644. The summed E-state index contributed by atoms with van der Waals surface area (Å²) in [5, 5.41) is 0. The van der Waals surface area contributed by atoms with Gasteiger partial charge in [-0.2, -0.15) is 0 Å². The molecule has 0 aromatic heterocycles. The minimum atomic E-state index is 0.644. The third-order valence-corrected chi connectivity index (χ3v) is 3.33. The summed E-state index contributed by atoms with van der Waals surface area (Å²) < 4.78 is 5.48. The highest BCUT2D eigenvalue weighted by Gasteiger charge is 2.07. The van der Waals surface area contributed by atoms with Crippen molar-refractivity contribution in [3.63, 3.8) is 0 Å². The van der Waals surface area contributed by atoms with Gasteiger partial charge in [0, 0.05) is 6.54 Å². The van der Waals surface area contributed by atoms with Gasteiger partial charge < -0.3 is 9.64 Å². The van der Waals surface area contributed by atoms with E-state index in [9.17, 15) is 0 Å². The van der Waals surface area contributed by atoms with Crippen molar-refractivity contribution < 1.29 is 4.74 Å². The number of allylic oxidation sites excluding steroid dienone is 5. The lowest BCUT2D eigenvalue weighted by Gasteiger charge is -2.18. The summed E-state index contributed by atoms with van der Waals surface area (Å²) in [6, 6.07) is 0. The summed E-state index contributed by atoms with van der Waals surface area (Å²) in [5.74, 6) is 0.737. The molecule has 0 rings (SSSR count). The maximum atomic E-state index is 5.48. The molecule has 0 saturated heterocycles. The Hall–Kier alpha value is -1.54. The average Bonchev–Trinajstić information content (AvgIpc) is 2.48. The first-order valence-electron chi connectivity index (χ1n) is 7.65. The van der Waals surface area contributed by atoms with Crippen LogP contribution in [0.15, 0.2) is 59.9 Å². The average molecular weight is 289 g/mol. The highest BCUT2D eigenvalue weighted by atomic mass is 16.5. The molecular weight excluding hydrogens is 258 g/mol. The topological polar surface area (TPSA) is 12.5 Å². The Morgan fingerprint density at radius 3 is 2.43 bits per heavy atom. The number of hydrogen-bond donors (Lipinski definition) is 0. The molecule has 0 amide bonds. The molecule has 118 valence electrons. The van der Waals surface area contributed by atoms with Gasteiger partial charge in [-0.05, 0) is 63.6 Å². The van der Waals surface area contributed by atoms with Crippen molar-refractivity contribution in [1.82, 2.24) is 4.90 Å². The zero-order valence-corrected chi connectivity index (χ0v) is 14.4. The van der Waals surface area contributed by atoms with Crippen LogP contribution < -0.4 is 0 Å². The van der Waals surface area contributed by atoms with Gasteiger partial charge in [0.2, 0.25) is 0 Å². The summed E-state index contributed by atoms with van der Waals surface area (Å²) >= 11 is 0. The Labute approximate surface area is 131 Å². The second-order valence-electron chi connectivity index (χ2n) is 5.01. The van der Waals surface area contributed by atoms with Crippen LogP contribution in [0.1, 0.15) is 34.1 Å². The summed E-state index contributed by atoms with van der Waals surface area (Å²) in [5.41, 5.74) is 3.59. The smallest absolute Gasteiger partial charge is 0.115 e. The lowest BCUT2D eigenvalue weighted by atomic mass is 10.0. The van der Waals surface area contributed by atoms with Crippen molar-refractivity contribution in [2.45, 2.75) is 34.1 Å². The number of rotatable bonds is 10. The van der Waals surface area contributed by atoms with Gasteiger partial charge in [0.1, 0.15) is 5.76 Å². The van der Waals surface area contributed by atoms with Gasteiger partial charge in [0.15, 0.2) is 0 Å². The Bertz CT molecular complexity index is 427. The van der Waals surface area contributed by atoms with Crippen LogP contribution in [-0.2, 0) is 4.74 Å². The van der Waals surface area contributed by atoms with Crippen LogP contribution in [0, 0.1) is 0 Å². The molecule has 0 aliphatic rings. The van der Waals surface area contributed by atoms with E-state index in [1.807, 2.05) is 19.9 Å². The first-order valence-corrected chi connectivity index (χ1v) is 7.65. The third-order valence-electron chi connectivity index (χ3n) is 3.33. The Balaban J connectivity index is 5.33. The first kappa shape index (κ1) is 19.5. The molecule has 0 atom stereocenters. The molecular formula is C19H31NO. The van der Waals surface area contributed by atoms with E-state index < -0.39 is 0 Å². The normalized spacial score (nSPS) is 13.5. The van der Waals surface area contributed by atoms with Crippen LogP contribution in [0.3, 0.4) is 0 Å². The van der Waals surface area contributed by atoms with Crippen LogP contribution >= 0.6 is 0 Å². The van der Waals surface area contributed by atoms with E-state index in [-0.39, 0.29) is 0 Å². The maximum absolute atomic E-state index is 5.48. The summed E-state index contributed by atoms with van der Waals surface area (Å²) in [7, 11) is 2.13. The van der Waals surface area contributed by atoms with Crippen molar-refractivity contribution in [2.75, 3.05) is 26.7 Å². The second kappa shape index (κ2) is 11.2. The standard InChI is InChI=1S/C19H31NO/c1-8-12-13-19(14-16(5)17(6)21-11-4)18(9-2)15-20(7)10-3/h8-9,13-14H,1,6,10-12,15H2,2-5,7H3/b16-14-,18-9+,19-13+. The van der Waals surface area contributed by atoms with Gasteiger partial charge in [-0.3, -0.25) is 0 Å². The molecule has 0 aliphatic carbocycles. The van der Waals surface area contributed by atoms with E-state index in [2.05, 4.69) is 57.2 Å². The fourth-order valence-corrected chi connectivity index (χ4v) is 1.85. The second-order valence-corrected chi connectivity index (χ2v) is 5.01. The van der Waals surface area contributed by atoms with Crippen molar-refractivity contribution >= 4 is 0 Å². The summed E-state index contributed by atoms with van der Waals surface area (Å²) in [6.07, 6.45) is 9.30. The van der Waals surface area contributed by atoms with Crippen LogP contribution in [0.5, 0.6) is 0 Å². The number of ether oxygens (including phenoxy) is 1. The summed E-state index contributed by atoms with van der Waals surface area (Å²) in [6.45, 7) is 18.6. The molecule has 0 aliphatic heterocycles. The highest BCUT2D eigenvalue weighted by Crippen LogP contribution is 2.19. The Kier molecular flexibility index (Phi) is 10.3. The predicted molar refractivity (Wildman–Crippen MR) is 94.3 cm³/mol. The zero-order chi connectivity index (χ0) is 16.3. The van der Waals surface area contributed by atoms with E-state index in [1.54, 1.807) is 0 Å². The highest BCUT2D eigenvalue weighted by molar-refractivity contribution is 5.44. The molecule has 0 spiro atoms. The first-order chi connectivity index (χ1) is 9.99. The molecule has 0 bridgehead atoms. The maximum Gasteiger partial charge on any atom is 0.115 e. The van der Waals surface area contributed by atoms with Gasteiger partial charge in [-0.1, -0.05) is 31.7 Å². The minimum Gasteiger partial charge on any atom is -0.494 e. The monoisotopic (exact) mass is 289 g/mol. The van der Waals surface area contributed by atoms with E-state index in [1.165, 1.54) is 11.1 Å². The van der Waals surface area contributed by atoms with E-state index in [0.717, 1.165) is 30.8 Å². The molecule has 0 aromatic carbocycles. The van der Waals surface area contributed by atoms with Gasteiger partial charge in [-0.25, -0.2) is 0 Å². The molecule has 0 aromatic rings. The fraction of sp³-hybridized carbons (Fsp3) is 0.474. The molecule has 0 saturated carbocycles. The zero-order valence-electron chi connectivity index (χ0n) is 14.4. The van der Waals surface area contributed by atoms with Gasteiger partial charge in [0.25, 0.3) is 0 Å². The van der Waals surface area contributed by atoms with Crippen LogP contribution in [0.25, 0.3) is 0 Å². The third kappa shape index (κ3) is 7.72. The molecule has 0 fully saturated rings. The van der Waals surface area contributed by atoms with Crippen LogP contribution in [0.4, 0.5) is 0 Å². The quantitative estimate of drug-likeness (QED) is 0.323. The van der Waals surface area contributed by atoms with Gasteiger partial charge in [-0.15, -0.1) is 6.58 Å². The number of hydrogen-bond acceptors (Lipinski definition) is 2. The lowest BCUT2D eigenvalue weighted by molar-refractivity contribution is 0.239. The largest absolute Gasteiger partial charge is 0.494 e. The number of likely N-dealkylation sites (N-methyl/N-ethyl adjacent to an activating group) is 1. The van der Waals surface area contributed by atoms with Crippen molar-refractivity contribution in [2.24, 2.45) is 0 Å². The molecule has 2 heteroatoms. The Morgan fingerprint density at radius 1 is 1.29 bits per heavy atom. The summed E-state index contributed by atoms with van der Waals surface area (Å²) in [4.78, 5) is 2.29. The number of nitrogens with zero attached hydrogens (tertiary/aromatic N) is 1.